The second-order valence-electron chi connectivity index (χ2n) is 6.60. The highest BCUT2D eigenvalue weighted by Crippen LogP contribution is 2.42. The molecule has 1 aliphatic rings. The topological polar surface area (TPSA) is 47.6 Å². The van der Waals surface area contributed by atoms with Gasteiger partial charge >= 0.3 is 0 Å². The highest BCUT2D eigenvalue weighted by Gasteiger charge is 2.38. The third-order valence-corrected chi connectivity index (χ3v) is 5.72. The molecule has 1 amide bonds. The summed E-state index contributed by atoms with van der Waals surface area (Å²) in [6, 6.07) is 15.6. The van der Waals surface area contributed by atoms with Crippen LogP contribution < -0.4 is 14.8 Å². The zero-order valence-corrected chi connectivity index (χ0v) is 17.3. The van der Waals surface area contributed by atoms with Crippen LogP contribution in [0, 0.1) is 3.57 Å². The number of benzene rings is 2. The maximum Gasteiger partial charge on any atom is 0.258 e. The smallest absolute Gasteiger partial charge is 0.258 e. The molecule has 0 saturated heterocycles. The van der Waals surface area contributed by atoms with Crippen molar-refractivity contribution in [3.05, 3.63) is 57.7 Å². The molecule has 0 radical (unpaired) electrons. The van der Waals surface area contributed by atoms with Gasteiger partial charge in [0.1, 0.15) is 17.1 Å². The van der Waals surface area contributed by atoms with Crippen LogP contribution in [0.5, 0.6) is 11.5 Å². The summed E-state index contributed by atoms with van der Waals surface area (Å²) in [6.45, 7) is 4.28. The van der Waals surface area contributed by atoms with E-state index in [1.54, 1.807) is 0 Å². The minimum atomic E-state index is -0.233. The fourth-order valence-corrected chi connectivity index (χ4v) is 3.71. The van der Waals surface area contributed by atoms with Crippen molar-refractivity contribution in [3.63, 3.8) is 0 Å². The van der Waals surface area contributed by atoms with E-state index >= 15 is 0 Å². The Kier molecular flexibility index (Phi) is 6.06. The average Bonchev–Trinajstić information content (AvgIpc) is 2.67. The predicted molar refractivity (Wildman–Crippen MR) is 111 cm³/mol. The summed E-state index contributed by atoms with van der Waals surface area (Å²) in [5.41, 5.74) is 0.802. The van der Waals surface area contributed by atoms with Crippen molar-refractivity contribution in [2.24, 2.45) is 0 Å². The lowest BCUT2D eigenvalue weighted by molar-refractivity contribution is -0.124. The zero-order chi connectivity index (χ0) is 18.6. The van der Waals surface area contributed by atoms with Gasteiger partial charge in [-0.15, -0.1) is 0 Å². The second kappa shape index (κ2) is 8.29. The summed E-state index contributed by atoms with van der Waals surface area (Å²) in [5.74, 6) is 1.45. The average molecular weight is 465 g/mol. The Morgan fingerprint density at radius 2 is 1.88 bits per heavy atom. The first kappa shape index (κ1) is 19.0. The van der Waals surface area contributed by atoms with Gasteiger partial charge in [-0.1, -0.05) is 32.0 Å². The Morgan fingerprint density at radius 3 is 2.58 bits per heavy atom. The third kappa shape index (κ3) is 4.31. The second-order valence-corrected chi connectivity index (χ2v) is 7.84. The van der Waals surface area contributed by atoms with Crippen LogP contribution >= 0.6 is 22.6 Å². The number of carbonyl (C=O) groups is 1. The van der Waals surface area contributed by atoms with Crippen LogP contribution in [0.15, 0.2) is 48.5 Å². The Bertz CT molecular complexity index is 756. The number of rotatable bonds is 6. The van der Waals surface area contributed by atoms with E-state index in [9.17, 15) is 4.79 Å². The maximum absolute atomic E-state index is 12.5. The molecule has 0 spiro atoms. The number of para-hydroxylation sites is 1. The van der Waals surface area contributed by atoms with Crippen LogP contribution in [0.2, 0.25) is 0 Å². The molecule has 2 aromatic rings. The molecule has 1 heterocycles. The summed E-state index contributed by atoms with van der Waals surface area (Å²) in [7, 11) is 0. The molecule has 1 atom stereocenters. The van der Waals surface area contributed by atoms with Gasteiger partial charge in [-0.25, -0.2) is 0 Å². The minimum absolute atomic E-state index is 0.00532. The van der Waals surface area contributed by atoms with E-state index in [4.69, 9.17) is 9.47 Å². The van der Waals surface area contributed by atoms with E-state index in [1.807, 2.05) is 48.5 Å². The van der Waals surface area contributed by atoms with Crippen LogP contribution in [0.4, 0.5) is 0 Å². The predicted octanol–water partition coefficient (Wildman–Crippen LogP) is 4.87. The number of hydrogen-bond acceptors (Lipinski definition) is 3. The van der Waals surface area contributed by atoms with Gasteiger partial charge in [-0.05, 0) is 65.8 Å². The van der Waals surface area contributed by atoms with Gasteiger partial charge in [-0.3, -0.25) is 4.79 Å². The molecule has 0 fully saturated rings. The van der Waals surface area contributed by atoms with E-state index in [0.717, 1.165) is 34.1 Å². The quantitative estimate of drug-likeness (QED) is 0.620. The molecule has 0 bridgehead atoms. The molecule has 0 saturated carbocycles. The molecular weight excluding hydrogens is 441 g/mol. The molecule has 0 aliphatic carbocycles. The minimum Gasteiger partial charge on any atom is -0.487 e. The van der Waals surface area contributed by atoms with Crippen LogP contribution in [-0.2, 0) is 4.79 Å². The van der Waals surface area contributed by atoms with E-state index < -0.39 is 0 Å². The highest BCUT2D eigenvalue weighted by atomic mass is 127. The van der Waals surface area contributed by atoms with Crippen LogP contribution in [0.25, 0.3) is 0 Å². The van der Waals surface area contributed by atoms with Gasteiger partial charge in [0, 0.05) is 15.6 Å². The van der Waals surface area contributed by atoms with Gasteiger partial charge in [0.2, 0.25) is 0 Å². The number of amides is 1. The molecule has 3 rings (SSSR count). The summed E-state index contributed by atoms with van der Waals surface area (Å²) < 4.78 is 13.0. The molecule has 2 aromatic carbocycles. The summed E-state index contributed by atoms with van der Waals surface area (Å²) in [5, 5.41) is 3.13. The van der Waals surface area contributed by atoms with Gasteiger partial charge < -0.3 is 14.8 Å². The fourth-order valence-electron chi connectivity index (χ4n) is 3.35. The third-order valence-electron chi connectivity index (χ3n) is 5.00. The number of halogens is 1. The largest absolute Gasteiger partial charge is 0.487 e. The van der Waals surface area contributed by atoms with Gasteiger partial charge in [0.25, 0.3) is 5.91 Å². The molecular formula is C21H24INO3. The van der Waals surface area contributed by atoms with E-state index in [-0.39, 0.29) is 24.2 Å². The molecule has 138 valence electrons. The molecule has 1 unspecified atom stereocenters. The molecule has 1 aliphatic heterocycles. The van der Waals surface area contributed by atoms with Crippen molar-refractivity contribution in [1.29, 1.82) is 0 Å². The number of fused-ring (bicyclic) bond motifs is 1. The first-order valence-electron chi connectivity index (χ1n) is 9.01. The van der Waals surface area contributed by atoms with Crippen LogP contribution in [0.3, 0.4) is 0 Å². The Hall–Kier alpha value is -1.76. The van der Waals surface area contributed by atoms with Crippen molar-refractivity contribution in [1.82, 2.24) is 5.32 Å². The van der Waals surface area contributed by atoms with E-state index in [1.165, 1.54) is 0 Å². The maximum atomic E-state index is 12.5. The first-order valence-corrected chi connectivity index (χ1v) is 10.1. The zero-order valence-electron chi connectivity index (χ0n) is 15.1. The Balaban J connectivity index is 1.69. The molecule has 5 heteroatoms. The fraction of sp³-hybridized carbons (Fsp3) is 0.381. The van der Waals surface area contributed by atoms with Crippen molar-refractivity contribution < 1.29 is 14.3 Å². The van der Waals surface area contributed by atoms with E-state index in [2.05, 4.69) is 41.8 Å². The van der Waals surface area contributed by atoms with Crippen molar-refractivity contribution >= 4 is 28.5 Å². The summed E-state index contributed by atoms with van der Waals surface area (Å²) >= 11 is 2.24. The number of hydrogen-bond donors (Lipinski definition) is 1. The lowest BCUT2D eigenvalue weighted by atomic mass is 9.83. The highest BCUT2D eigenvalue weighted by molar-refractivity contribution is 14.1. The summed E-state index contributed by atoms with van der Waals surface area (Å²) in [4.78, 5) is 12.5. The number of carbonyl (C=O) groups excluding carboxylic acids is 1. The molecule has 0 aromatic heterocycles. The van der Waals surface area contributed by atoms with Crippen molar-refractivity contribution in [2.75, 3.05) is 6.61 Å². The van der Waals surface area contributed by atoms with Gasteiger partial charge in [-0.2, -0.15) is 0 Å². The normalized spacial score (nSPS) is 17.7. The SMILES string of the molecule is CCC1(CC)CC(NC(=O)COc2ccc(I)cc2)c2ccccc2O1. The molecule has 1 N–H and O–H groups in total. The number of nitrogens with one attached hydrogen (secondary N) is 1. The lowest BCUT2D eigenvalue weighted by Gasteiger charge is -2.41. The standard InChI is InChI=1S/C21H24INO3/c1-3-21(4-2)13-18(17-7-5-6-8-19(17)26-21)23-20(24)14-25-16-11-9-15(22)10-12-16/h5-12,18H,3-4,13-14H2,1-2H3,(H,23,24). The van der Waals surface area contributed by atoms with Crippen molar-refractivity contribution in [2.45, 2.75) is 44.8 Å². The van der Waals surface area contributed by atoms with Crippen molar-refractivity contribution in [3.8, 4) is 11.5 Å². The molecule has 4 nitrogen and oxygen atoms in total. The monoisotopic (exact) mass is 465 g/mol. The van der Waals surface area contributed by atoms with Gasteiger partial charge in [0.15, 0.2) is 6.61 Å². The van der Waals surface area contributed by atoms with Crippen LogP contribution in [-0.4, -0.2) is 18.1 Å². The molecule has 26 heavy (non-hydrogen) atoms. The van der Waals surface area contributed by atoms with E-state index in [0.29, 0.717) is 5.75 Å². The lowest BCUT2D eigenvalue weighted by Crippen LogP contribution is -2.45. The Labute approximate surface area is 168 Å². The van der Waals surface area contributed by atoms with Crippen LogP contribution in [0.1, 0.15) is 44.7 Å². The van der Waals surface area contributed by atoms with Gasteiger partial charge in [0.05, 0.1) is 6.04 Å². The summed E-state index contributed by atoms with van der Waals surface area (Å²) in [6.07, 6.45) is 2.58. The number of ether oxygens (including phenoxy) is 2. The first-order chi connectivity index (χ1) is 12.5. The Morgan fingerprint density at radius 1 is 1.19 bits per heavy atom.